The molecule has 0 unspecified atom stereocenters. The molecule has 3 rings (SSSR count). The second-order valence-corrected chi connectivity index (χ2v) is 6.62. The molecule has 0 saturated heterocycles. The van der Waals surface area contributed by atoms with E-state index in [4.69, 9.17) is 0 Å². The smallest absolute Gasteiger partial charge is 0.258 e. The number of rotatable bonds is 2. The van der Waals surface area contributed by atoms with Crippen molar-refractivity contribution in [2.45, 2.75) is 26.2 Å². The third kappa shape index (κ3) is 2.58. The van der Waals surface area contributed by atoms with Gasteiger partial charge in [-0.25, -0.2) is 4.98 Å². The van der Waals surface area contributed by atoms with Crippen molar-refractivity contribution < 1.29 is 4.79 Å². The lowest BCUT2D eigenvalue weighted by Gasteiger charge is -2.05. The standard InChI is InChI=1S/C14H13BrN2OS/c1-8-5-6-9(10(15)7-8)13(18)17-14-16-11-3-2-4-12(11)19-14/h5-7H,2-4H2,1H3,(H,16,17,18). The van der Waals surface area contributed by atoms with Crippen LogP contribution in [-0.2, 0) is 12.8 Å². The van der Waals surface area contributed by atoms with Crippen molar-refractivity contribution in [1.29, 1.82) is 0 Å². The first-order chi connectivity index (χ1) is 9.13. The van der Waals surface area contributed by atoms with Gasteiger partial charge in [0.2, 0.25) is 0 Å². The number of carbonyl (C=O) groups is 1. The molecule has 0 spiro atoms. The molecule has 0 fully saturated rings. The van der Waals surface area contributed by atoms with Crippen LogP contribution in [0, 0.1) is 6.92 Å². The fourth-order valence-electron chi connectivity index (χ4n) is 2.21. The molecule has 0 bridgehead atoms. The van der Waals surface area contributed by atoms with Gasteiger partial charge in [0, 0.05) is 9.35 Å². The van der Waals surface area contributed by atoms with Crippen LogP contribution in [0.15, 0.2) is 22.7 Å². The zero-order chi connectivity index (χ0) is 13.4. The molecule has 1 aromatic carbocycles. The van der Waals surface area contributed by atoms with Crippen molar-refractivity contribution in [2.24, 2.45) is 0 Å². The summed E-state index contributed by atoms with van der Waals surface area (Å²) in [6.07, 6.45) is 3.32. The Morgan fingerprint density at radius 2 is 2.26 bits per heavy atom. The van der Waals surface area contributed by atoms with E-state index in [0.29, 0.717) is 10.7 Å². The first kappa shape index (κ1) is 12.8. The highest BCUT2D eigenvalue weighted by Gasteiger charge is 2.18. The van der Waals surface area contributed by atoms with Crippen molar-refractivity contribution in [1.82, 2.24) is 4.98 Å². The molecule has 0 radical (unpaired) electrons. The van der Waals surface area contributed by atoms with Crippen molar-refractivity contribution in [3.63, 3.8) is 0 Å². The summed E-state index contributed by atoms with van der Waals surface area (Å²) in [6, 6.07) is 5.70. The lowest BCUT2D eigenvalue weighted by molar-refractivity contribution is 0.102. The molecule has 1 amide bonds. The maximum atomic E-state index is 12.2. The zero-order valence-electron chi connectivity index (χ0n) is 10.5. The number of hydrogen-bond acceptors (Lipinski definition) is 3. The molecule has 1 N–H and O–H groups in total. The predicted molar refractivity (Wildman–Crippen MR) is 81.0 cm³/mol. The van der Waals surface area contributed by atoms with Crippen molar-refractivity contribution >= 4 is 38.3 Å². The minimum absolute atomic E-state index is 0.112. The number of amides is 1. The highest BCUT2D eigenvalue weighted by Crippen LogP contribution is 2.31. The van der Waals surface area contributed by atoms with E-state index in [1.807, 2.05) is 25.1 Å². The first-order valence-corrected chi connectivity index (χ1v) is 7.80. The molecule has 3 nitrogen and oxygen atoms in total. The average molecular weight is 337 g/mol. The Kier molecular flexibility index (Phi) is 3.41. The summed E-state index contributed by atoms with van der Waals surface area (Å²) in [5.41, 5.74) is 2.92. The summed E-state index contributed by atoms with van der Waals surface area (Å²) in [7, 11) is 0. The summed E-state index contributed by atoms with van der Waals surface area (Å²) in [5, 5.41) is 3.60. The highest BCUT2D eigenvalue weighted by molar-refractivity contribution is 9.10. The quantitative estimate of drug-likeness (QED) is 0.901. The average Bonchev–Trinajstić information content (AvgIpc) is 2.89. The molecule has 1 aromatic heterocycles. The number of carbonyl (C=O) groups excluding carboxylic acids is 1. The Morgan fingerprint density at radius 1 is 1.42 bits per heavy atom. The topological polar surface area (TPSA) is 42.0 Å². The van der Waals surface area contributed by atoms with Crippen LogP contribution in [0.5, 0.6) is 0 Å². The Morgan fingerprint density at radius 3 is 3.00 bits per heavy atom. The van der Waals surface area contributed by atoms with Gasteiger partial charge in [0.1, 0.15) is 0 Å². The lowest BCUT2D eigenvalue weighted by Crippen LogP contribution is -2.12. The van der Waals surface area contributed by atoms with Gasteiger partial charge in [0.15, 0.2) is 5.13 Å². The van der Waals surface area contributed by atoms with E-state index in [2.05, 4.69) is 26.2 Å². The first-order valence-electron chi connectivity index (χ1n) is 6.19. The largest absolute Gasteiger partial charge is 0.298 e. The molecule has 1 heterocycles. The van der Waals surface area contributed by atoms with Crippen molar-refractivity contribution in [3.05, 3.63) is 44.4 Å². The molecule has 0 saturated carbocycles. The van der Waals surface area contributed by atoms with Gasteiger partial charge in [-0.15, -0.1) is 11.3 Å². The van der Waals surface area contributed by atoms with E-state index >= 15 is 0 Å². The van der Waals surface area contributed by atoms with E-state index < -0.39 is 0 Å². The normalized spacial score (nSPS) is 13.4. The fraction of sp³-hybridized carbons (Fsp3) is 0.286. The summed E-state index contributed by atoms with van der Waals surface area (Å²) in [6.45, 7) is 2.00. The van der Waals surface area contributed by atoms with Gasteiger partial charge in [0.05, 0.1) is 11.3 Å². The highest BCUT2D eigenvalue weighted by atomic mass is 79.9. The number of thiazole rings is 1. The molecule has 1 aliphatic carbocycles. The SMILES string of the molecule is Cc1ccc(C(=O)Nc2nc3c(s2)CCC3)c(Br)c1. The van der Waals surface area contributed by atoms with Crippen LogP contribution in [0.4, 0.5) is 5.13 Å². The van der Waals surface area contributed by atoms with E-state index in [0.717, 1.165) is 28.6 Å². The van der Waals surface area contributed by atoms with Crippen molar-refractivity contribution in [3.8, 4) is 0 Å². The molecule has 19 heavy (non-hydrogen) atoms. The number of nitrogens with zero attached hydrogens (tertiary/aromatic N) is 1. The van der Waals surface area contributed by atoms with E-state index in [1.165, 1.54) is 11.3 Å². The van der Waals surface area contributed by atoms with Crippen LogP contribution < -0.4 is 5.32 Å². The Labute approximate surface area is 124 Å². The minimum Gasteiger partial charge on any atom is -0.298 e. The number of nitrogens with one attached hydrogen (secondary N) is 1. The number of fused-ring (bicyclic) bond motifs is 1. The van der Waals surface area contributed by atoms with Gasteiger partial charge < -0.3 is 0 Å². The molecule has 1 aliphatic rings. The van der Waals surface area contributed by atoms with Crippen LogP contribution in [0.25, 0.3) is 0 Å². The summed E-state index contributed by atoms with van der Waals surface area (Å²) in [5.74, 6) is -0.112. The van der Waals surface area contributed by atoms with Crippen LogP contribution in [-0.4, -0.2) is 10.9 Å². The predicted octanol–water partition coefficient (Wildman–Crippen LogP) is 3.96. The van der Waals surface area contributed by atoms with Gasteiger partial charge in [-0.1, -0.05) is 6.07 Å². The van der Waals surface area contributed by atoms with Gasteiger partial charge in [-0.3, -0.25) is 10.1 Å². The summed E-state index contributed by atoms with van der Waals surface area (Å²) in [4.78, 5) is 18.0. The van der Waals surface area contributed by atoms with E-state index in [9.17, 15) is 4.79 Å². The number of hydrogen-bond donors (Lipinski definition) is 1. The Hall–Kier alpha value is -1.20. The van der Waals surface area contributed by atoms with Crippen LogP contribution in [0.1, 0.15) is 32.9 Å². The molecule has 2 aromatic rings. The summed E-state index contributed by atoms with van der Waals surface area (Å²) < 4.78 is 0.814. The second kappa shape index (κ2) is 5.06. The Balaban J connectivity index is 1.80. The monoisotopic (exact) mass is 336 g/mol. The number of benzene rings is 1. The van der Waals surface area contributed by atoms with Gasteiger partial charge >= 0.3 is 0 Å². The van der Waals surface area contributed by atoms with Gasteiger partial charge in [0.25, 0.3) is 5.91 Å². The molecule has 5 heteroatoms. The number of halogens is 1. The van der Waals surface area contributed by atoms with Crippen molar-refractivity contribution in [2.75, 3.05) is 5.32 Å². The fourth-order valence-corrected chi connectivity index (χ4v) is 3.93. The molecule has 0 atom stereocenters. The molecular formula is C14H13BrN2OS. The third-order valence-electron chi connectivity index (χ3n) is 3.19. The Bertz CT molecular complexity index is 629. The number of aromatic nitrogens is 1. The van der Waals surface area contributed by atoms with Crippen LogP contribution in [0.2, 0.25) is 0 Å². The minimum atomic E-state index is -0.112. The molecule has 98 valence electrons. The summed E-state index contributed by atoms with van der Waals surface area (Å²) >= 11 is 5.02. The number of anilines is 1. The van der Waals surface area contributed by atoms with E-state index in [-0.39, 0.29) is 5.91 Å². The second-order valence-electron chi connectivity index (χ2n) is 4.68. The molecular weight excluding hydrogens is 324 g/mol. The third-order valence-corrected chi connectivity index (χ3v) is 4.91. The number of aryl methyl sites for hydroxylation is 3. The van der Waals surface area contributed by atoms with Crippen LogP contribution >= 0.6 is 27.3 Å². The zero-order valence-corrected chi connectivity index (χ0v) is 12.9. The van der Waals surface area contributed by atoms with E-state index in [1.54, 1.807) is 11.3 Å². The van der Waals surface area contributed by atoms with Gasteiger partial charge in [-0.05, 0) is 59.8 Å². The maximum absolute atomic E-state index is 12.2. The lowest BCUT2D eigenvalue weighted by atomic mass is 10.1. The van der Waals surface area contributed by atoms with Crippen LogP contribution in [0.3, 0.4) is 0 Å². The molecule has 0 aliphatic heterocycles. The van der Waals surface area contributed by atoms with Gasteiger partial charge in [-0.2, -0.15) is 0 Å². The maximum Gasteiger partial charge on any atom is 0.258 e.